The molecule has 0 fully saturated rings. The van der Waals surface area contributed by atoms with Gasteiger partial charge < -0.3 is 20.1 Å². The first-order valence-electron chi connectivity index (χ1n) is 11.4. The number of nitrogens with zero attached hydrogens (tertiary/aromatic N) is 1. The summed E-state index contributed by atoms with van der Waals surface area (Å²) in [6, 6.07) is 24.7. The summed E-state index contributed by atoms with van der Waals surface area (Å²) in [7, 11) is 1.55. The second kappa shape index (κ2) is 12.5. The Hall–Kier alpha value is -3.74. The standard InChI is InChI=1S/C28H24BrN3O4S/c1-35-25-13-19(7-12-24(25)36-16-18-5-3-2-4-6-18)22-14-26(33)32-28(23(22)15-30)37-17-27(34)31-21-10-8-20(29)9-11-21/h2-13,22H,14,16-17H2,1H3,(H,31,34)(H,32,33)/t22-/m1/s1. The van der Waals surface area contributed by atoms with Crippen molar-refractivity contribution in [2.45, 2.75) is 18.9 Å². The van der Waals surface area contributed by atoms with Gasteiger partial charge in [-0.15, -0.1) is 0 Å². The molecule has 2 N–H and O–H groups in total. The van der Waals surface area contributed by atoms with E-state index in [1.807, 2.05) is 48.5 Å². The lowest BCUT2D eigenvalue weighted by atomic mass is 9.87. The van der Waals surface area contributed by atoms with Crippen LogP contribution in [0.1, 0.15) is 23.5 Å². The van der Waals surface area contributed by atoms with E-state index in [0.29, 0.717) is 34.4 Å². The van der Waals surface area contributed by atoms with Crippen molar-refractivity contribution in [3.63, 3.8) is 0 Å². The minimum atomic E-state index is -0.465. The third-order valence-corrected chi connectivity index (χ3v) is 7.20. The maximum absolute atomic E-state index is 12.5. The number of hydrogen-bond donors (Lipinski definition) is 2. The highest BCUT2D eigenvalue weighted by Gasteiger charge is 2.30. The number of anilines is 1. The van der Waals surface area contributed by atoms with Crippen LogP contribution >= 0.6 is 27.7 Å². The van der Waals surface area contributed by atoms with E-state index in [-0.39, 0.29) is 24.0 Å². The Kier molecular flexibility index (Phi) is 8.88. The zero-order valence-electron chi connectivity index (χ0n) is 20.0. The predicted octanol–water partition coefficient (Wildman–Crippen LogP) is 5.75. The van der Waals surface area contributed by atoms with Crippen molar-refractivity contribution in [1.82, 2.24) is 5.32 Å². The third-order valence-electron chi connectivity index (χ3n) is 5.66. The monoisotopic (exact) mass is 577 g/mol. The van der Waals surface area contributed by atoms with Crippen molar-refractivity contribution in [2.75, 3.05) is 18.2 Å². The largest absolute Gasteiger partial charge is 0.493 e. The number of methoxy groups -OCH3 is 1. The highest BCUT2D eigenvalue weighted by molar-refractivity contribution is 9.10. The summed E-state index contributed by atoms with van der Waals surface area (Å²) in [6.45, 7) is 0.384. The number of nitrogens with one attached hydrogen (secondary N) is 2. The van der Waals surface area contributed by atoms with E-state index in [1.165, 1.54) is 0 Å². The average Bonchev–Trinajstić information content (AvgIpc) is 2.92. The molecule has 1 atom stereocenters. The Bertz CT molecular complexity index is 1350. The van der Waals surface area contributed by atoms with Gasteiger partial charge in [-0.1, -0.05) is 64.1 Å². The summed E-state index contributed by atoms with van der Waals surface area (Å²) in [5.41, 5.74) is 2.85. The molecule has 0 unspecified atom stereocenters. The smallest absolute Gasteiger partial charge is 0.234 e. The van der Waals surface area contributed by atoms with Gasteiger partial charge in [0.15, 0.2) is 11.5 Å². The molecule has 0 saturated heterocycles. The van der Waals surface area contributed by atoms with Crippen LogP contribution in [-0.2, 0) is 16.2 Å². The molecule has 9 heteroatoms. The SMILES string of the molecule is COc1cc([C@H]2CC(=O)NC(SCC(=O)Nc3ccc(Br)cc3)=C2C#N)ccc1OCc1ccccc1. The van der Waals surface area contributed by atoms with Crippen LogP contribution in [0.3, 0.4) is 0 Å². The van der Waals surface area contributed by atoms with Gasteiger partial charge in [0, 0.05) is 22.5 Å². The van der Waals surface area contributed by atoms with E-state index in [0.717, 1.165) is 27.4 Å². The second-order valence-corrected chi connectivity index (χ2v) is 10.1. The van der Waals surface area contributed by atoms with Gasteiger partial charge in [0.2, 0.25) is 11.8 Å². The first kappa shape index (κ1) is 26.3. The fourth-order valence-electron chi connectivity index (χ4n) is 3.84. The normalized spacial score (nSPS) is 14.9. The molecule has 0 aromatic heterocycles. The molecule has 188 valence electrons. The fraction of sp³-hybridized carbons (Fsp3) is 0.179. The number of hydrogen-bond acceptors (Lipinski definition) is 6. The predicted molar refractivity (Wildman–Crippen MR) is 147 cm³/mol. The molecule has 7 nitrogen and oxygen atoms in total. The quantitative estimate of drug-likeness (QED) is 0.336. The lowest BCUT2D eigenvalue weighted by Crippen LogP contribution is -2.31. The van der Waals surface area contributed by atoms with Gasteiger partial charge in [0.25, 0.3) is 0 Å². The third kappa shape index (κ3) is 6.94. The number of carbonyl (C=O) groups excluding carboxylic acids is 2. The van der Waals surface area contributed by atoms with Crippen LogP contribution in [0.5, 0.6) is 11.5 Å². The number of rotatable bonds is 9. The topological polar surface area (TPSA) is 100 Å². The molecule has 1 heterocycles. The van der Waals surface area contributed by atoms with Gasteiger partial charge in [0.1, 0.15) is 6.61 Å². The average molecular weight is 578 g/mol. The number of carbonyl (C=O) groups is 2. The molecule has 0 spiro atoms. The maximum Gasteiger partial charge on any atom is 0.234 e. The first-order chi connectivity index (χ1) is 18.0. The number of thioether (sulfide) groups is 1. The lowest BCUT2D eigenvalue weighted by molar-refractivity contribution is -0.121. The molecular formula is C28H24BrN3O4S. The zero-order chi connectivity index (χ0) is 26.2. The van der Waals surface area contributed by atoms with Crippen LogP contribution in [0.25, 0.3) is 0 Å². The van der Waals surface area contributed by atoms with Crippen molar-refractivity contribution in [2.24, 2.45) is 0 Å². The number of nitriles is 1. The molecule has 4 rings (SSSR count). The van der Waals surface area contributed by atoms with Crippen molar-refractivity contribution in [1.29, 1.82) is 5.26 Å². The van der Waals surface area contributed by atoms with Crippen LogP contribution in [0.15, 0.2) is 87.9 Å². The minimum absolute atomic E-state index is 0.0408. The van der Waals surface area contributed by atoms with E-state index >= 15 is 0 Å². The summed E-state index contributed by atoms with van der Waals surface area (Å²) < 4.78 is 12.4. The zero-order valence-corrected chi connectivity index (χ0v) is 22.4. The molecule has 0 saturated carbocycles. The van der Waals surface area contributed by atoms with Crippen molar-refractivity contribution < 1.29 is 19.1 Å². The van der Waals surface area contributed by atoms with E-state index in [4.69, 9.17) is 9.47 Å². The molecule has 0 aliphatic carbocycles. The summed E-state index contributed by atoms with van der Waals surface area (Å²) in [5.74, 6) is 0.196. The van der Waals surface area contributed by atoms with Gasteiger partial charge in [-0.25, -0.2) is 0 Å². The van der Waals surface area contributed by atoms with Gasteiger partial charge >= 0.3 is 0 Å². The lowest BCUT2D eigenvalue weighted by Gasteiger charge is -2.25. The second-order valence-electron chi connectivity index (χ2n) is 8.19. The van der Waals surface area contributed by atoms with Crippen LogP contribution < -0.4 is 20.1 Å². The fourth-order valence-corrected chi connectivity index (χ4v) is 4.98. The summed E-state index contributed by atoms with van der Waals surface area (Å²) in [5, 5.41) is 15.9. The Morgan fingerprint density at radius 1 is 1.14 bits per heavy atom. The van der Waals surface area contributed by atoms with Crippen LogP contribution in [-0.4, -0.2) is 24.7 Å². The van der Waals surface area contributed by atoms with Crippen molar-refractivity contribution in [3.05, 3.63) is 99.0 Å². The summed E-state index contributed by atoms with van der Waals surface area (Å²) in [4.78, 5) is 25.0. The van der Waals surface area contributed by atoms with Crippen molar-refractivity contribution in [3.8, 4) is 17.6 Å². The molecule has 2 amide bonds. The van der Waals surface area contributed by atoms with E-state index in [2.05, 4.69) is 32.6 Å². The van der Waals surface area contributed by atoms with Gasteiger partial charge in [-0.2, -0.15) is 5.26 Å². The number of benzene rings is 3. The highest BCUT2D eigenvalue weighted by atomic mass is 79.9. The molecule has 0 bridgehead atoms. The highest BCUT2D eigenvalue weighted by Crippen LogP contribution is 2.39. The first-order valence-corrected chi connectivity index (χ1v) is 13.2. The van der Waals surface area contributed by atoms with E-state index < -0.39 is 5.92 Å². The van der Waals surface area contributed by atoms with Crippen LogP contribution in [0, 0.1) is 11.3 Å². The Morgan fingerprint density at radius 2 is 1.89 bits per heavy atom. The Labute approximate surface area is 228 Å². The molecular weight excluding hydrogens is 554 g/mol. The van der Waals surface area contributed by atoms with Crippen LogP contribution in [0.2, 0.25) is 0 Å². The van der Waals surface area contributed by atoms with Crippen molar-refractivity contribution >= 4 is 45.2 Å². The molecule has 3 aromatic rings. The van der Waals surface area contributed by atoms with E-state index in [1.54, 1.807) is 31.4 Å². The number of allylic oxidation sites excluding steroid dienone is 1. The van der Waals surface area contributed by atoms with Gasteiger partial charge in [-0.05, 0) is 47.5 Å². The maximum atomic E-state index is 12.5. The molecule has 1 aliphatic rings. The summed E-state index contributed by atoms with van der Waals surface area (Å²) >= 11 is 4.49. The van der Waals surface area contributed by atoms with E-state index in [9.17, 15) is 14.9 Å². The molecule has 1 aliphatic heterocycles. The number of ether oxygens (including phenoxy) is 2. The van der Waals surface area contributed by atoms with Crippen LogP contribution in [0.4, 0.5) is 5.69 Å². The molecule has 37 heavy (non-hydrogen) atoms. The number of amides is 2. The minimum Gasteiger partial charge on any atom is -0.493 e. The summed E-state index contributed by atoms with van der Waals surface area (Å²) in [6.07, 6.45) is 0.116. The molecule has 0 radical (unpaired) electrons. The van der Waals surface area contributed by atoms with Gasteiger partial charge in [0.05, 0.1) is 29.5 Å². The Morgan fingerprint density at radius 3 is 2.59 bits per heavy atom. The molecule has 3 aromatic carbocycles. The van der Waals surface area contributed by atoms with Gasteiger partial charge in [-0.3, -0.25) is 9.59 Å². The Balaban J connectivity index is 1.49. The number of halogens is 1.